The summed E-state index contributed by atoms with van der Waals surface area (Å²) in [7, 11) is 0. The summed E-state index contributed by atoms with van der Waals surface area (Å²) in [5, 5.41) is 0. The van der Waals surface area contributed by atoms with Crippen molar-refractivity contribution < 1.29 is 42.7 Å². The Labute approximate surface area is 201 Å². The van der Waals surface area contributed by atoms with E-state index < -0.39 is 30.4 Å². The molecule has 1 aromatic rings. The van der Waals surface area contributed by atoms with E-state index >= 15 is 0 Å². The first kappa shape index (κ1) is 28.2. The number of carbonyl (C=O) groups is 2. The van der Waals surface area contributed by atoms with Crippen LogP contribution in [0.3, 0.4) is 0 Å². The molecular weight excluding hydrogens is 444 g/mol. The Balaban J connectivity index is 1.58. The summed E-state index contributed by atoms with van der Waals surface area (Å²) in [6, 6.07) is 9.99. The molecule has 0 aliphatic carbocycles. The quantitative estimate of drug-likeness (QED) is 0.276. The third-order valence-corrected chi connectivity index (χ3v) is 5.57. The van der Waals surface area contributed by atoms with E-state index in [1.54, 1.807) is 0 Å². The summed E-state index contributed by atoms with van der Waals surface area (Å²) in [6.07, 6.45) is -1.64. The second-order valence-corrected chi connectivity index (χ2v) is 8.27. The molecule has 0 saturated carbocycles. The molecule has 0 aromatic heterocycles. The second kappa shape index (κ2) is 15.8. The van der Waals surface area contributed by atoms with Crippen LogP contribution in [0.1, 0.15) is 33.3 Å². The van der Waals surface area contributed by atoms with Gasteiger partial charge in [-0.25, -0.2) is 0 Å². The molecular formula is C25H38O9. The zero-order chi connectivity index (χ0) is 24.8. The Morgan fingerprint density at radius 3 is 2.06 bits per heavy atom. The zero-order valence-corrected chi connectivity index (χ0v) is 20.6. The van der Waals surface area contributed by atoms with Crippen molar-refractivity contribution in [1.29, 1.82) is 0 Å². The van der Waals surface area contributed by atoms with E-state index in [0.717, 1.165) is 5.56 Å². The molecule has 9 nitrogen and oxygen atoms in total. The summed E-state index contributed by atoms with van der Waals surface area (Å²) in [6.45, 7) is 9.84. The van der Waals surface area contributed by atoms with Crippen LogP contribution < -0.4 is 0 Å². The van der Waals surface area contributed by atoms with Crippen LogP contribution in [0.15, 0.2) is 30.3 Å². The number of carbonyl (C=O) groups excluding carboxylic acids is 2. The lowest BCUT2D eigenvalue weighted by Crippen LogP contribution is -2.53. The normalized spacial score (nSPS) is 24.5. The lowest BCUT2D eigenvalue weighted by molar-refractivity contribution is -0.275. The highest BCUT2D eigenvalue weighted by molar-refractivity contribution is 5.66. The van der Waals surface area contributed by atoms with Gasteiger partial charge in [0.1, 0.15) is 18.8 Å². The first-order valence-corrected chi connectivity index (χ1v) is 11.7. The molecule has 1 heterocycles. The molecule has 0 amide bonds. The van der Waals surface area contributed by atoms with E-state index in [1.807, 2.05) is 44.2 Å². The van der Waals surface area contributed by atoms with E-state index in [2.05, 4.69) is 0 Å². The van der Waals surface area contributed by atoms with Gasteiger partial charge in [-0.2, -0.15) is 0 Å². The van der Waals surface area contributed by atoms with Gasteiger partial charge in [0.2, 0.25) is 0 Å². The van der Waals surface area contributed by atoms with Gasteiger partial charge in [-0.15, -0.1) is 0 Å². The smallest absolute Gasteiger partial charge is 0.303 e. The molecule has 34 heavy (non-hydrogen) atoms. The molecule has 5 unspecified atom stereocenters. The molecule has 0 bridgehead atoms. The van der Waals surface area contributed by atoms with Crippen LogP contribution in [0.2, 0.25) is 0 Å². The van der Waals surface area contributed by atoms with Gasteiger partial charge in [0.15, 0.2) is 6.29 Å². The summed E-state index contributed by atoms with van der Waals surface area (Å²) < 4.78 is 39.0. The summed E-state index contributed by atoms with van der Waals surface area (Å²) in [5.74, 6) is -0.899. The molecule has 1 saturated heterocycles. The van der Waals surface area contributed by atoms with E-state index in [-0.39, 0.29) is 18.4 Å². The van der Waals surface area contributed by atoms with Crippen molar-refractivity contribution in [2.24, 2.45) is 11.8 Å². The summed E-state index contributed by atoms with van der Waals surface area (Å²) >= 11 is 0. The van der Waals surface area contributed by atoms with Crippen LogP contribution in [0.5, 0.6) is 0 Å². The Bertz CT molecular complexity index is 712. The molecule has 1 aliphatic rings. The highest BCUT2D eigenvalue weighted by Gasteiger charge is 2.44. The number of esters is 2. The number of hydrogen-bond acceptors (Lipinski definition) is 9. The maximum atomic E-state index is 11.5. The van der Waals surface area contributed by atoms with Crippen LogP contribution in [-0.2, 0) is 49.4 Å². The average Bonchev–Trinajstić information content (AvgIpc) is 2.81. The van der Waals surface area contributed by atoms with Gasteiger partial charge >= 0.3 is 11.9 Å². The van der Waals surface area contributed by atoms with E-state index in [4.69, 9.17) is 33.2 Å². The molecule has 9 heteroatoms. The number of hydrogen-bond donors (Lipinski definition) is 0. The first-order chi connectivity index (χ1) is 16.4. The fourth-order valence-electron chi connectivity index (χ4n) is 3.59. The van der Waals surface area contributed by atoms with Crippen molar-refractivity contribution >= 4 is 11.9 Å². The Hall–Kier alpha value is -2.04. The van der Waals surface area contributed by atoms with Gasteiger partial charge in [0.25, 0.3) is 0 Å². The topological polar surface area (TPSA) is 98.8 Å². The van der Waals surface area contributed by atoms with Gasteiger partial charge in [-0.05, 0) is 5.56 Å². The Kier molecular flexibility index (Phi) is 13.1. The predicted octanol–water partition coefficient (Wildman–Crippen LogP) is 2.74. The fraction of sp³-hybridized carbons (Fsp3) is 0.680. The summed E-state index contributed by atoms with van der Waals surface area (Å²) in [4.78, 5) is 22.7. The first-order valence-electron chi connectivity index (χ1n) is 11.7. The van der Waals surface area contributed by atoms with Crippen LogP contribution in [0.4, 0.5) is 0 Å². The van der Waals surface area contributed by atoms with Crippen molar-refractivity contribution in [1.82, 2.24) is 0 Å². The lowest BCUT2D eigenvalue weighted by Gasteiger charge is -2.43. The highest BCUT2D eigenvalue weighted by Crippen LogP contribution is 2.33. The van der Waals surface area contributed by atoms with Gasteiger partial charge in [0, 0.05) is 25.7 Å². The van der Waals surface area contributed by atoms with Crippen LogP contribution in [-0.4, -0.2) is 76.7 Å². The summed E-state index contributed by atoms with van der Waals surface area (Å²) in [5.41, 5.74) is 1.14. The molecule has 1 aliphatic heterocycles. The van der Waals surface area contributed by atoms with Crippen molar-refractivity contribution in [3.63, 3.8) is 0 Å². The maximum absolute atomic E-state index is 11.5. The van der Waals surface area contributed by atoms with Gasteiger partial charge in [-0.1, -0.05) is 44.2 Å². The standard InChI is InChI=1S/C25H38O9/c1-18-19(2)25(34-23(17-32-20(3)26)24(18)33-21(4)27)31-15-14-29-11-10-28-12-13-30-16-22-8-6-5-7-9-22/h5-9,18-19,23-25H,10-17H2,1-4H3. The minimum Gasteiger partial charge on any atom is -0.463 e. The average molecular weight is 483 g/mol. The maximum Gasteiger partial charge on any atom is 0.303 e. The van der Waals surface area contributed by atoms with Crippen molar-refractivity contribution in [3.8, 4) is 0 Å². The molecule has 5 atom stereocenters. The zero-order valence-electron chi connectivity index (χ0n) is 20.6. The molecule has 1 aromatic carbocycles. The number of rotatable bonds is 15. The monoisotopic (exact) mass is 482 g/mol. The van der Waals surface area contributed by atoms with Gasteiger partial charge < -0.3 is 33.2 Å². The molecule has 0 N–H and O–H groups in total. The van der Waals surface area contributed by atoms with Gasteiger partial charge in [-0.3, -0.25) is 9.59 Å². The third-order valence-electron chi connectivity index (χ3n) is 5.57. The molecule has 2 rings (SSSR count). The molecule has 0 radical (unpaired) electrons. The third kappa shape index (κ3) is 10.5. The van der Waals surface area contributed by atoms with E-state index in [1.165, 1.54) is 13.8 Å². The Morgan fingerprint density at radius 2 is 1.44 bits per heavy atom. The molecule has 1 fully saturated rings. The second-order valence-electron chi connectivity index (χ2n) is 8.27. The SMILES string of the molecule is CC(=O)OCC1OC(OCCOCCOCCOCc2ccccc2)C(C)C(C)C1OC(C)=O. The fourth-order valence-corrected chi connectivity index (χ4v) is 3.59. The van der Waals surface area contributed by atoms with Crippen LogP contribution in [0, 0.1) is 11.8 Å². The number of benzene rings is 1. The minimum atomic E-state index is -0.595. The largest absolute Gasteiger partial charge is 0.463 e. The van der Waals surface area contributed by atoms with E-state index in [0.29, 0.717) is 46.2 Å². The number of ether oxygens (including phenoxy) is 7. The van der Waals surface area contributed by atoms with E-state index in [9.17, 15) is 9.59 Å². The van der Waals surface area contributed by atoms with Crippen molar-refractivity contribution in [2.75, 3.05) is 46.2 Å². The molecule has 0 spiro atoms. The molecule has 192 valence electrons. The predicted molar refractivity (Wildman–Crippen MR) is 123 cm³/mol. The van der Waals surface area contributed by atoms with Crippen LogP contribution in [0.25, 0.3) is 0 Å². The highest BCUT2D eigenvalue weighted by atomic mass is 16.7. The van der Waals surface area contributed by atoms with Crippen molar-refractivity contribution in [2.45, 2.75) is 52.8 Å². The minimum absolute atomic E-state index is 0.00684. The van der Waals surface area contributed by atoms with Gasteiger partial charge in [0.05, 0.1) is 46.2 Å². The Morgan fingerprint density at radius 1 is 0.824 bits per heavy atom. The van der Waals surface area contributed by atoms with Crippen molar-refractivity contribution in [3.05, 3.63) is 35.9 Å². The lowest BCUT2D eigenvalue weighted by atomic mass is 9.84. The van der Waals surface area contributed by atoms with Crippen LogP contribution >= 0.6 is 0 Å².